The first kappa shape index (κ1) is 29.7. The third kappa shape index (κ3) is 101. The molecule has 0 rings (SSSR count). The second-order valence-corrected chi connectivity index (χ2v) is 1.80. The van der Waals surface area contributed by atoms with Gasteiger partial charge in [0.05, 0.1) is 0 Å². The standard InChI is InChI=1S/Ag.Al.Na.H4O4Si.Zn.4H/c;;;1-5(2,3)4;;;;;/h;;;1-4H;;;;;/q;;+1;;;;;;-1. The number of hydrogen-bond acceptors (Lipinski definition) is 4. The van der Waals surface area contributed by atoms with Crippen molar-refractivity contribution in [2.45, 2.75) is 0 Å². The Kier molecular flexibility index (Phi) is 44.6. The van der Waals surface area contributed by atoms with Crippen molar-refractivity contribution in [3.8, 4) is 0 Å². The van der Waals surface area contributed by atoms with Gasteiger partial charge in [-0.05, 0) is 0 Å². The molecule has 0 saturated heterocycles. The predicted molar refractivity (Wildman–Crippen MR) is 25.7 cm³/mol. The summed E-state index contributed by atoms with van der Waals surface area (Å²) < 4.78 is 0. The molecule has 0 saturated carbocycles. The van der Waals surface area contributed by atoms with E-state index in [4.69, 9.17) is 19.2 Å². The van der Waals surface area contributed by atoms with Crippen LogP contribution in [0.5, 0.6) is 0 Å². The van der Waals surface area contributed by atoms with Crippen LogP contribution in [0.3, 0.4) is 0 Å². The Hall–Kier alpha value is 2.95. The average Bonchev–Trinajstić information content (AvgIpc) is 0.722. The van der Waals surface area contributed by atoms with Crippen LogP contribution in [-0.4, -0.2) is 45.6 Å². The molecule has 0 aliphatic heterocycles. The van der Waals surface area contributed by atoms with E-state index in [1.807, 2.05) is 0 Å². The molecule has 0 spiro atoms. The Morgan fingerprint density at radius 1 is 1.00 bits per heavy atom. The Morgan fingerprint density at radius 2 is 1.00 bits per heavy atom. The van der Waals surface area contributed by atoms with E-state index in [1.165, 1.54) is 0 Å². The van der Waals surface area contributed by atoms with Crippen molar-refractivity contribution < 1.29 is 92.0 Å². The SMILES string of the molecule is O[Si](O)(O)O.[Ag].[AlH3].[H-].[Na+].[Zn]. The molecular weight excluding hydrogens is 315 g/mol. The summed E-state index contributed by atoms with van der Waals surface area (Å²) in [6.45, 7) is 0. The van der Waals surface area contributed by atoms with Crippen molar-refractivity contribution in [2.75, 3.05) is 0 Å². The van der Waals surface area contributed by atoms with Crippen LogP contribution >= 0.6 is 0 Å². The van der Waals surface area contributed by atoms with E-state index >= 15 is 0 Å². The van der Waals surface area contributed by atoms with E-state index in [0.29, 0.717) is 0 Å². The third-order valence-electron chi connectivity index (χ3n) is 0. The van der Waals surface area contributed by atoms with Crippen LogP contribution in [0, 0.1) is 0 Å². The van der Waals surface area contributed by atoms with Crippen molar-refractivity contribution in [1.82, 2.24) is 0 Å². The molecule has 0 unspecified atom stereocenters. The molecule has 0 aliphatic carbocycles. The minimum absolute atomic E-state index is 0. The van der Waals surface area contributed by atoms with Crippen LogP contribution in [0.15, 0.2) is 0 Å². The molecule has 0 fully saturated rings. The molecule has 4 N–H and O–H groups in total. The van der Waals surface area contributed by atoms with Gasteiger partial charge in [0.15, 0.2) is 17.4 Å². The normalized spacial score (nSPS) is 6.67. The van der Waals surface area contributed by atoms with Gasteiger partial charge in [0.2, 0.25) is 0 Å². The van der Waals surface area contributed by atoms with Crippen LogP contribution in [0.1, 0.15) is 1.43 Å². The van der Waals surface area contributed by atoms with Gasteiger partial charge in [-0.15, -0.1) is 0 Å². The van der Waals surface area contributed by atoms with Gasteiger partial charge in [-0.1, -0.05) is 0 Å². The summed E-state index contributed by atoms with van der Waals surface area (Å²) in [6, 6.07) is 0. The topological polar surface area (TPSA) is 80.9 Å². The maximum Gasteiger partial charge on any atom is 1.00 e. The summed E-state index contributed by atoms with van der Waals surface area (Å²) in [6.07, 6.45) is 0. The molecule has 0 aliphatic rings. The minimum atomic E-state index is -4.61. The molecule has 0 heterocycles. The summed E-state index contributed by atoms with van der Waals surface area (Å²) in [7, 11) is -4.61. The summed E-state index contributed by atoms with van der Waals surface area (Å²) in [5, 5.41) is 0. The molecule has 53 valence electrons. The Labute approximate surface area is 117 Å². The first-order chi connectivity index (χ1) is 2.00. The smallest absolute Gasteiger partial charge is 1.00 e. The second kappa shape index (κ2) is 13.5. The van der Waals surface area contributed by atoms with Crippen LogP contribution < -0.4 is 29.6 Å². The molecular formula is H8AgAlNaO4SiZn. The van der Waals surface area contributed by atoms with Crippen molar-refractivity contribution >= 4 is 26.4 Å². The molecule has 0 amide bonds. The first-order valence-electron chi connectivity index (χ1n) is 0.894. The van der Waals surface area contributed by atoms with E-state index in [-0.39, 0.29) is 90.2 Å². The van der Waals surface area contributed by atoms with Crippen LogP contribution in [-0.2, 0) is 41.9 Å². The van der Waals surface area contributed by atoms with Gasteiger partial charge in [0, 0.05) is 41.9 Å². The van der Waals surface area contributed by atoms with Gasteiger partial charge in [0.25, 0.3) is 0 Å². The van der Waals surface area contributed by atoms with Crippen molar-refractivity contribution in [3.05, 3.63) is 0 Å². The van der Waals surface area contributed by atoms with E-state index in [9.17, 15) is 0 Å². The van der Waals surface area contributed by atoms with Gasteiger partial charge < -0.3 is 20.6 Å². The molecule has 9 heavy (non-hydrogen) atoms. The van der Waals surface area contributed by atoms with Crippen molar-refractivity contribution in [1.29, 1.82) is 0 Å². The fraction of sp³-hybridized carbons (Fsp3) is 0. The largest absolute Gasteiger partial charge is 1.00 e. The molecule has 4 nitrogen and oxygen atoms in total. The zero-order valence-corrected chi connectivity index (χ0v) is 11.7. The van der Waals surface area contributed by atoms with Crippen LogP contribution in [0.4, 0.5) is 0 Å². The van der Waals surface area contributed by atoms with Gasteiger partial charge in [-0.3, -0.25) is 0 Å². The Morgan fingerprint density at radius 3 is 1.00 bits per heavy atom. The Bertz CT molecular complexity index is 40.7. The van der Waals surface area contributed by atoms with Crippen molar-refractivity contribution in [2.24, 2.45) is 0 Å². The predicted octanol–water partition coefficient (Wildman–Crippen LogP) is -6.68. The van der Waals surface area contributed by atoms with Gasteiger partial charge >= 0.3 is 38.6 Å². The summed E-state index contributed by atoms with van der Waals surface area (Å²) in [5.74, 6) is 0. The minimum Gasteiger partial charge on any atom is -1.00 e. The zero-order chi connectivity index (χ0) is 4.50. The molecule has 1 radical (unpaired) electrons. The third-order valence-corrected chi connectivity index (χ3v) is 0. The van der Waals surface area contributed by atoms with E-state index in [2.05, 4.69) is 0 Å². The van der Waals surface area contributed by atoms with Gasteiger partial charge in [-0.25, -0.2) is 0 Å². The summed E-state index contributed by atoms with van der Waals surface area (Å²) >= 11 is 0. The Balaban J connectivity index is -0.00000000800. The van der Waals surface area contributed by atoms with Crippen LogP contribution in [0.2, 0.25) is 0 Å². The van der Waals surface area contributed by atoms with Gasteiger partial charge in [-0.2, -0.15) is 0 Å². The molecule has 0 bridgehead atoms. The quantitative estimate of drug-likeness (QED) is 0.334. The number of rotatable bonds is 0. The maximum atomic E-state index is 7.33. The number of hydrogen-bond donors (Lipinski definition) is 4. The fourth-order valence-electron chi connectivity index (χ4n) is 0. The van der Waals surface area contributed by atoms with Crippen LogP contribution in [0.25, 0.3) is 0 Å². The molecule has 0 atom stereocenters. The average molecular weight is 323 g/mol. The summed E-state index contributed by atoms with van der Waals surface area (Å²) in [5.41, 5.74) is 0. The zero-order valence-electron chi connectivity index (χ0n) is 5.30. The van der Waals surface area contributed by atoms with Gasteiger partial charge in [0.1, 0.15) is 0 Å². The summed E-state index contributed by atoms with van der Waals surface area (Å²) in [4.78, 5) is 29.3. The first-order valence-corrected chi connectivity index (χ1v) is 2.68. The van der Waals surface area contributed by atoms with E-state index < -0.39 is 9.05 Å². The molecule has 0 aromatic rings. The second-order valence-electron chi connectivity index (χ2n) is 0.600. The maximum absolute atomic E-state index is 7.33. The molecule has 9 heteroatoms. The monoisotopic (exact) mass is 321 g/mol. The molecule has 0 aromatic carbocycles. The van der Waals surface area contributed by atoms with E-state index in [1.54, 1.807) is 0 Å². The van der Waals surface area contributed by atoms with E-state index in [0.717, 1.165) is 0 Å². The fourth-order valence-corrected chi connectivity index (χ4v) is 0. The van der Waals surface area contributed by atoms with Crippen molar-refractivity contribution in [3.63, 3.8) is 0 Å². The molecule has 0 aromatic heterocycles.